The Kier molecular flexibility index (Phi) is 6.18. The Morgan fingerprint density at radius 2 is 1.71 bits per heavy atom. The summed E-state index contributed by atoms with van der Waals surface area (Å²) in [5, 5.41) is 6.67. The lowest BCUT2D eigenvalue weighted by atomic mass is 9.81. The highest BCUT2D eigenvalue weighted by Gasteiger charge is 2.69. The minimum atomic E-state index is -0.346. The smallest absolute Gasteiger partial charge is 0.230 e. The van der Waals surface area contributed by atoms with Crippen LogP contribution in [0.5, 0.6) is 0 Å². The Balaban J connectivity index is 1.09. The quantitative estimate of drug-likeness (QED) is 0.410. The van der Waals surface area contributed by atoms with Gasteiger partial charge in [-0.15, -0.1) is 0 Å². The molecule has 2 amide bonds. The van der Waals surface area contributed by atoms with Gasteiger partial charge in [0.05, 0.1) is 11.8 Å². The van der Waals surface area contributed by atoms with Crippen LogP contribution in [0.2, 0.25) is 0 Å². The summed E-state index contributed by atoms with van der Waals surface area (Å²) in [7, 11) is 0. The second kappa shape index (κ2) is 9.47. The van der Waals surface area contributed by atoms with Crippen molar-refractivity contribution in [2.75, 3.05) is 31.5 Å². The number of likely N-dealkylation sites (tertiary alicyclic amines) is 1. The lowest BCUT2D eigenvalue weighted by Gasteiger charge is -2.26. The van der Waals surface area contributed by atoms with Gasteiger partial charge >= 0.3 is 0 Å². The molecule has 0 unspecified atom stereocenters. The first-order chi connectivity index (χ1) is 17.2. The van der Waals surface area contributed by atoms with Crippen LogP contribution in [-0.2, 0) is 9.59 Å². The summed E-state index contributed by atoms with van der Waals surface area (Å²) in [5.74, 6) is 0.214. The zero-order valence-electron chi connectivity index (χ0n) is 20.0. The van der Waals surface area contributed by atoms with Crippen molar-refractivity contribution in [1.29, 1.82) is 0 Å². The van der Waals surface area contributed by atoms with Crippen molar-refractivity contribution in [2.24, 2.45) is 29.1 Å². The fraction of sp³-hybridized carbons (Fsp3) is 0.556. The van der Waals surface area contributed by atoms with Crippen LogP contribution < -0.4 is 10.6 Å². The van der Waals surface area contributed by atoms with Crippen molar-refractivity contribution in [3.05, 3.63) is 42.5 Å². The van der Waals surface area contributed by atoms with Gasteiger partial charge in [-0.25, -0.2) is 0 Å². The third kappa shape index (κ3) is 4.31. The summed E-state index contributed by atoms with van der Waals surface area (Å²) in [4.78, 5) is 33.9. The molecule has 1 spiro atoms. The van der Waals surface area contributed by atoms with Gasteiger partial charge in [0, 0.05) is 23.6 Å². The molecule has 8 heteroatoms. The molecule has 35 heavy (non-hydrogen) atoms. The lowest BCUT2D eigenvalue weighted by Crippen LogP contribution is -2.42. The standard InChI is InChI=1S/C27H33N5O2S/c33-24(28-14-4-5-15-32-16-6-7-17-32)21-19-10-11-20(27(19)12-13-27)22(21)25(34)30-26-29-23(31-35-26)18-8-2-1-3-9-18/h1-3,8-11,19-22H,4-7,12-17H2,(H,28,33)(H,29,30,31,34)/t19-,20+,21-,22-/m1/s1. The number of unbranched alkanes of at least 4 members (excludes halogenated alkanes) is 1. The van der Waals surface area contributed by atoms with Crippen LogP contribution in [0.4, 0.5) is 5.13 Å². The molecule has 3 fully saturated rings. The minimum absolute atomic E-state index is 0.0386. The van der Waals surface area contributed by atoms with Crippen LogP contribution in [0.25, 0.3) is 11.4 Å². The number of carbonyl (C=O) groups excluding carboxylic acids is 2. The van der Waals surface area contributed by atoms with Crippen molar-refractivity contribution in [3.63, 3.8) is 0 Å². The summed E-state index contributed by atoms with van der Waals surface area (Å²) in [5.41, 5.74) is 1.04. The number of allylic oxidation sites excluding steroid dienone is 2. The minimum Gasteiger partial charge on any atom is -0.356 e. The number of amides is 2. The molecule has 4 atom stereocenters. The molecule has 4 aliphatic rings. The zero-order valence-corrected chi connectivity index (χ0v) is 20.8. The van der Waals surface area contributed by atoms with E-state index in [2.05, 4.69) is 37.0 Å². The van der Waals surface area contributed by atoms with Crippen LogP contribution in [-0.4, -0.2) is 52.3 Å². The summed E-state index contributed by atoms with van der Waals surface area (Å²) < 4.78 is 4.41. The van der Waals surface area contributed by atoms with Crippen LogP contribution in [0.15, 0.2) is 42.5 Å². The average molecular weight is 492 g/mol. The van der Waals surface area contributed by atoms with Crippen molar-refractivity contribution in [2.45, 2.75) is 38.5 Å². The van der Waals surface area contributed by atoms with Crippen molar-refractivity contribution < 1.29 is 9.59 Å². The molecule has 1 saturated heterocycles. The predicted molar refractivity (Wildman–Crippen MR) is 137 cm³/mol. The summed E-state index contributed by atoms with van der Waals surface area (Å²) >= 11 is 1.19. The first kappa shape index (κ1) is 22.9. The molecule has 2 aromatic rings. The third-order valence-electron chi connectivity index (χ3n) is 8.53. The molecule has 6 rings (SSSR count). The van der Waals surface area contributed by atoms with Gasteiger partial charge < -0.3 is 15.5 Å². The van der Waals surface area contributed by atoms with Crippen molar-refractivity contribution in [1.82, 2.24) is 19.6 Å². The molecular formula is C27H33N5O2S. The number of nitrogens with one attached hydrogen (secondary N) is 2. The van der Waals surface area contributed by atoms with Crippen LogP contribution in [0.1, 0.15) is 38.5 Å². The molecule has 1 aromatic heterocycles. The molecule has 1 aromatic carbocycles. The highest BCUT2D eigenvalue weighted by Crippen LogP contribution is 2.72. The van der Waals surface area contributed by atoms with E-state index in [0.717, 1.165) is 37.8 Å². The van der Waals surface area contributed by atoms with Gasteiger partial charge in [0.15, 0.2) is 5.82 Å². The Bertz CT molecular complexity index is 1110. The molecule has 2 N–H and O–H groups in total. The summed E-state index contributed by atoms with van der Waals surface area (Å²) in [6.07, 6.45) is 11.3. The predicted octanol–water partition coefficient (Wildman–Crippen LogP) is 3.96. The van der Waals surface area contributed by atoms with Gasteiger partial charge in [-0.05, 0) is 75.4 Å². The van der Waals surface area contributed by atoms with Gasteiger partial charge in [0.2, 0.25) is 16.9 Å². The number of rotatable bonds is 9. The Morgan fingerprint density at radius 3 is 2.43 bits per heavy atom. The van der Waals surface area contributed by atoms with E-state index in [0.29, 0.717) is 17.5 Å². The molecule has 2 heterocycles. The van der Waals surface area contributed by atoms with E-state index in [-0.39, 0.29) is 40.9 Å². The summed E-state index contributed by atoms with van der Waals surface area (Å²) in [6.45, 7) is 4.23. The van der Waals surface area contributed by atoms with E-state index in [1.54, 1.807) is 0 Å². The topological polar surface area (TPSA) is 87.2 Å². The Labute approximate surface area is 210 Å². The van der Waals surface area contributed by atoms with Gasteiger partial charge in [-0.1, -0.05) is 42.5 Å². The van der Waals surface area contributed by atoms with Crippen molar-refractivity contribution >= 4 is 28.5 Å². The lowest BCUT2D eigenvalue weighted by molar-refractivity contribution is -0.132. The molecule has 2 saturated carbocycles. The zero-order chi connectivity index (χ0) is 23.8. The molecule has 1 aliphatic heterocycles. The maximum absolute atomic E-state index is 13.5. The monoisotopic (exact) mass is 491 g/mol. The Hall–Kier alpha value is -2.58. The largest absolute Gasteiger partial charge is 0.356 e. The molecule has 184 valence electrons. The number of nitrogens with zero attached hydrogens (tertiary/aromatic N) is 3. The van der Waals surface area contributed by atoms with Gasteiger partial charge in [0.1, 0.15) is 0 Å². The number of carbonyl (C=O) groups is 2. The van der Waals surface area contributed by atoms with Crippen LogP contribution in [0.3, 0.4) is 0 Å². The summed E-state index contributed by atoms with van der Waals surface area (Å²) in [6, 6.07) is 9.75. The third-order valence-corrected chi connectivity index (χ3v) is 9.16. The highest BCUT2D eigenvalue weighted by molar-refractivity contribution is 7.10. The molecule has 3 aliphatic carbocycles. The van der Waals surface area contributed by atoms with E-state index in [4.69, 9.17) is 0 Å². The van der Waals surface area contributed by atoms with Gasteiger partial charge in [0.25, 0.3) is 0 Å². The molecular weight excluding hydrogens is 458 g/mol. The Morgan fingerprint density at radius 1 is 1.00 bits per heavy atom. The first-order valence-corrected chi connectivity index (χ1v) is 13.8. The first-order valence-electron chi connectivity index (χ1n) is 13.0. The average Bonchev–Trinajstić information content (AvgIpc) is 3.20. The van der Waals surface area contributed by atoms with E-state index in [1.807, 2.05) is 30.3 Å². The van der Waals surface area contributed by atoms with E-state index in [1.165, 1.54) is 37.5 Å². The number of anilines is 1. The SMILES string of the molecule is O=C(NCCCCN1CCCC1)[C@H]1[C@H](C(=O)Nc2nc(-c3ccccc3)ns2)[C@@H]2C=C[C@H]1C21CC1. The molecule has 0 radical (unpaired) electrons. The van der Waals surface area contributed by atoms with E-state index < -0.39 is 0 Å². The highest BCUT2D eigenvalue weighted by atomic mass is 32.1. The van der Waals surface area contributed by atoms with E-state index >= 15 is 0 Å². The second-order valence-electron chi connectivity index (χ2n) is 10.5. The number of hydrogen-bond donors (Lipinski definition) is 2. The maximum Gasteiger partial charge on any atom is 0.230 e. The molecule has 7 nitrogen and oxygen atoms in total. The van der Waals surface area contributed by atoms with Crippen molar-refractivity contribution in [3.8, 4) is 11.4 Å². The number of hydrogen-bond acceptors (Lipinski definition) is 6. The van der Waals surface area contributed by atoms with E-state index in [9.17, 15) is 9.59 Å². The maximum atomic E-state index is 13.5. The van der Waals surface area contributed by atoms with Gasteiger partial charge in [-0.2, -0.15) is 9.36 Å². The van der Waals surface area contributed by atoms with Crippen LogP contribution >= 0.6 is 11.5 Å². The van der Waals surface area contributed by atoms with Crippen LogP contribution in [0, 0.1) is 29.1 Å². The van der Waals surface area contributed by atoms with Gasteiger partial charge in [-0.3, -0.25) is 9.59 Å². The second-order valence-corrected chi connectivity index (χ2v) is 11.3. The normalized spacial score (nSPS) is 28.0. The fourth-order valence-electron chi connectivity index (χ4n) is 6.67. The number of benzene rings is 1. The number of aromatic nitrogens is 2. The fourth-order valence-corrected chi connectivity index (χ4v) is 7.27. The molecule has 2 bridgehead atoms.